The summed E-state index contributed by atoms with van der Waals surface area (Å²) in [6.45, 7) is -0.0731. The first-order valence-electron chi connectivity index (χ1n) is 8.06. The summed E-state index contributed by atoms with van der Waals surface area (Å²) in [4.78, 5) is 22.1. The van der Waals surface area contributed by atoms with Gasteiger partial charge in [-0.15, -0.1) is 0 Å². The standard InChI is InChI=1S/C20H13Cl2NO5/c21-17-6-2-5-16(20(17)22)18-9-8-15(28-18)12-27-19(24)10-7-13-3-1-4-14(11-13)23(25)26/h1-11H,12H2/b10-7+. The van der Waals surface area contributed by atoms with Crippen molar-refractivity contribution in [3.05, 3.63) is 92.2 Å². The molecule has 0 unspecified atom stereocenters. The van der Waals surface area contributed by atoms with Crippen LogP contribution in [-0.2, 0) is 16.1 Å². The number of carbonyl (C=O) groups excluding carboxylic acids is 1. The summed E-state index contributed by atoms with van der Waals surface area (Å²) in [7, 11) is 0. The lowest BCUT2D eigenvalue weighted by Crippen LogP contribution is -1.99. The Balaban J connectivity index is 1.61. The number of carbonyl (C=O) groups is 1. The third-order valence-corrected chi connectivity index (χ3v) is 4.55. The van der Waals surface area contributed by atoms with Gasteiger partial charge < -0.3 is 9.15 Å². The first-order valence-corrected chi connectivity index (χ1v) is 8.82. The van der Waals surface area contributed by atoms with Gasteiger partial charge in [0.25, 0.3) is 5.69 Å². The van der Waals surface area contributed by atoms with Crippen LogP contribution in [0.25, 0.3) is 17.4 Å². The lowest BCUT2D eigenvalue weighted by molar-refractivity contribution is -0.384. The van der Waals surface area contributed by atoms with E-state index in [-0.39, 0.29) is 12.3 Å². The summed E-state index contributed by atoms with van der Waals surface area (Å²) in [5, 5.41) is 11.5. The zero-order valence-corrected chi connectivity index (χ0v) is 15.8. The number of rotatable bonds is 6. The van der Waals surface area contributed by atoms with Crippen molar-refractivity contribution >= 4 is 40.9 Å². The molecule has 0 N–H and O–H groups in total. The van der Waals surface area contributed by atoms with E-state index in [1.807, 2.05) is 0 Å². The topological polar surface area (TPSA) is 82.6 Å². The summed E-state index contributed by atoms with van der Waals surface area (Å²) in [5.41, 5.74) is 1.10. The minimum atomic E-state index is -0.606. The molecule has 3 rings (SSSR count). The average Bonchev–Trinajstić information content (AvgIpc) is 3.16. The van der Waals surface area contributed by atoms with E-state index in [0.717, 1.165) is 0 Å². The third-order valence-electron chi connectivity index (χ3n) is 3.73. The van der Waals surface area contributed by atoms with E-state index in [1.54, 1.807) is 36.4 Å². The number of nitro benzene ring substituents is 1. The van der Waals surface area contributed by atoms with Crippen LogP contribution in [0.15, 0.2) is 65.1 Å². The molecule has 0 saturated heterocycles. The van der Waals surface area contributed by atoms with Crippen LogP contribution in [0.3, 0.4) is 0 Å². The minimum absolute atomic E-state index is 0.0571. The van der Waals surface area contributed by atoms with Crippen LogP contribution in [0, 0.1) is 10.1 Å². The number of nitrogens with zero attached hydrogens (tertiary/aromatic N) is 1. The van der Waals surface area contributed by atoms with Crippen molar-refractivity contribution in [3.63, 3.8) is 0 Å². The second kappa shape index (κ2) is 8.73. The van der Waals surface area contributed by atoms with E-state index < -0.39 is 10.9 Å². The fourth-order valence-electron chi connectivity index (χ4n) is 2.39. The lowest BCUT2D eigenvalue weighted by Gasteiger charge is -2.03. The Kier molecular flexibility index (Phi) is 6.13. The summed E-state index contributed by atoms with van der Waals surface area (Å²) < 4.78 is 10.8. The molecule has 3 aromatic rings. The van der Waals surface area contributed by atoms with Crippen LogP contribution in [0.5, 0.6) is 0 Å². The van der Waals surface area contributed by atoms with Gasteiger partial charge in [0.05, 0.1) is 15.0 Å². The van der Waals surface area contributed by atoms with Gasteiger partial charge in [-0.25, -0.2) is 4.79 Å². The van der Waals surface area contributed by atoms with E-state index in [1.165, 1.54) is 30.4 Å². The normalized spacial score (nSPS) is 10.9. The van der Waals surface area contributed by atoms with Crippen LogP contribution in [0.4, 0.5) is 5.69 Å². The molecule has 0 bridgehead atoms. The molecule has 0 radical (unpaired) electrons. The van der Waals surface area contributed by atoms with Gasteiger partial charge in [-0.1, -0.05) is 41.4 Å². The molecule has 1 heterocycles. The summed E-state index contributed by atoms with van der Waals surface area (Å²) in [6, 6.07) is 14.5. The molecule has 0 aliphatic rings. The number of ether oxygens (including phenoxy) is 1. The van der Waals surface area contributed by atoms with E-state index in [2.05, 4.69) is 0 Å². The smallest absolute Gasteiger partial charge is 0.331 e. The van der Waals surface area contributed by atoms with Gasteiger partial charge in [0.1, 0.15) is 18.1 Å². The number of non-ortho nitro benzene ring substituents is 1. The fraction of sp³-hybridized carbons (Fsp3) is 0.0500. The van der Waals surface area contributed by atoms with E-state index in [9.17, 15) is 14.9 Å². The van der Waals surface area contributed by atoms with Crippen molar-refractivity contribution in [1.29, 1.82) is 0 Å². The van der Waals surface area contributed by atoms with Gasteiger partial charge in [-0.3, -0.25) is 10.1 Å². The summed E-state index contributed by atoms with van der Waals surface area (Å²) in [5.74, 6) is 0.332. The Bertz CT molecular complexity index is 1060. The minimum Gasteiger partial charge on any atom is -0.457 e. The maximum Gasteiger partial charge on any atom is 0.331 e. The van der Waals surface area contributed by atoms with Crippen LogP contribution >= 0.6 is 23.2 Å². The first-order chi connectivity index (χ1) is 13.4. The van der Waals surface area contributed by atoms with Gasteiger partial charge in [-0.05, 0) is 35.9 Å². The van der Waals surface area contributed by atoms with Crippen LogP contribution in [0.2, 0.25) is 10.0 Å². The number of nitro groups is 1. The zero-order valence-electron chi connectivity index (χ0n) is 14.3. The van der Waals surface area contributed by atoms with Crippen LogP contribution in [-0.4, -0.2) is 10.9 Å². The Morgan fingerprint density at radius 3 is 2.71 bits per heavy atom. The molecule has 0 aliphatic heterocycles. The molecule has 0 atom stereocenters. The molecule has 0 saturated carbocycles. The Morgan fingerprint density at radius 1 is 1.14 bits per heavy atom. The predicted octanol–water partition coefficient (Wildman–Crippen LogP) is 5.92. The monoisotopic (exact) mass is 417 g/mol. The van der Waals surface area contributed by atoms with Gasteiger partial charge in [0.2, 0.25) is 0 Å². The van der Waals surface area contributed by atoms with Gasteiger partial charge in [0, 0.05) is 23.8 Å². The van der Waals surface area contributed by atoms with Crippen molar-refractivity contribution in [2.75, 3.05) is 0 Å². The highest BCUT2D eigenvalue weighted by Gasteiger charge is 2.12. The average molecular weight is 418 g/mol. The number of hydrogen-bond acceptors (Lipinski definition) is 5. The highest BCUT2D eigenvalue weighted by atomic mass is 35.5. The lowest BCUT2D eigenvalue weighted by atomic mass is 10.2. The number of halogens is 2. The molecule has 28 heavy (non-hydrogen) atoms. The van der Waals surface area contributed by atoms with Crippen molar-refractivity contribution in [2.45, 2.75) is 6.61 Å². The Morgan fingerprint density at radius 2 is 1.93 bits per heavy atom. The fourth-order valence-corrected chi connectivity index (χ4v) is 2.78. The highest BCUT2D eigenvalue weighted by molar-refractivity contribution is 6.43. The van der Waals surface area contributed by atoms with Gasteiger partial charge in [0.15, 0.2) is 0 Å². The number of hydrogen-bond donors (Lipinski definition) is 0. The van der Waals surface area contributed by atoms with E-state index >= 15 is 0 Å². The molecule has 6 nitrogen and oxygen atoms in total. The number of esters is 1. The van der Waals surface area contributed by atoms with Crippen molar-refractivity contribution in [3.8, 4) is 11.3 Å². The number of furan rings is 1. The molecule has 1 aromatic heterocycles. The number of benzene rings is 2. The molecule has 0 aliphatic carbocycles. The maximum absolute atomic E-state index is 11.9. The third kappa shape index (κ3) is 4.79. The highest BCUT2D eigenvalue weighted by Crippen LogP contribution is 2.34. The Labute approximate surface area is 170 Å². The predicted molar refractivity (Wildman–Crippen MR) is 106 cm³/mol. The van der Waals surface area contributed by atoms with Crippen molar-refractivity contribution < 1.29 is 18.9 Å². The van der Waals surface area contributed by atoms with Gasteiger partial charge in [-0.2, -0.15) is 0 Å². The SMILES string of the molecule is O=C(/C=C/c1cccc([N+](=O)[O-])c1)OCc1ccc(-c2cccc(Cl)c2Cl)o1. The summed E-state index contributed by atoms with van der Waals surface area (Å²) in [6.07, 6.45) is 2.63. The quantitative estimate of drug-likeness (QED) is 0.215. The van der Waals surface area contributed by atoms with Crippen LogP contribution in [0.1, 0.15) is 11.3 Å². The molecule has 0 spiro atoms. The molecule has 2 aromatic carbocycles. The Hall–Kier alpha value is -3.09. The maximum atomic E-state index is 11.9. The molecular formula is C20H13Cl2NO5. The van der Waals surface area contributed by atoms with E-state index in [4.69, 9.17) is 32.4 Å². The second-order valence-corrected chi connectivity index (χ2v) is 6.45. The largest absolute Gasteiger partial charge is 0.457 e. The molecule has 0 amide bonds. The molecule has 0 fully saturated rings. The van der Waals surface area contributed by atoms with E-state index in [0.29, 0.717) is 32.7 Å². The van der Waals surface area contributed by atoms with Gasteiger partial charge >= 0.3 is 5.97 Å². The zero-order chi connectivity index (χ0) is 20.1. The second-order valence-electron chi connectivity index (χ2n) is 5.66. The molecule has 8 heteroatoms. The first kappa shape index (κ1) is 19.7. The van der Waals surface area contributed by atoms with Crippen molar-refractivity contribution in [2.24, 2.45) is 0 Å². The van der Waals surface area contributed by atoms with Crippen LogP contribution < -0.4 is 0 Å². The summed E-state index contributed by atoms with van der Waals surface area (Å²) >= 11 is 12.2. The molecule has 142 valence electrons. The molecular weight excluding hydrogens is 405 g/mol. The van der Waals surface area contributed by atoms with Crippen molar-refractivity contribution in [1.82, 2.24) is 0 Å².